The summed E-state index contributed by atoms with van der Waals surface area (Å²) in [4.78, 5) is 16.0. The molecule has 4 aliphatic carbocycles. The number of rotatable bonds is 5. The second-order valence-electron chi connectivity index (χ2n) is 10.2. The first-order valence-electron chi connectivity index (χ1n) is 11.3. The molecule has 0 aromatic heterocycles. The molecule has 1 amide bonds. The van der Waals surface area contributed by atoms with Crippen LogP contribution < -0.4 is 5.32 Å². The lowest BCUT2D eigenvalue weighted by molar-refractivity contribution is -0.135. The highest BCUT2D eigenvalue weighted by Gasteiger charge is 2.67. The number of nitrogens with zero attached hydrogens (tertiary/aromatic N) is 1. The summed E-state index contributed by atoms with van der Waals surface area (Å²) >= 11 is 0. The van der Waals surface area contributed by atoms with Crippen molar-refractivity contribution in [1.82, 2.24) is 10.2 Å². The summed E-state index contributed by atoms with van der Waals surface area (Å²) in [6.45, 7) is 2.95. The van der Waals surface area contributed by atoms with Gasteiger partial charge in [0.05, 0.1) is 11.5 Å². The lowest BCUT2D eigenvalue weighted by Gasteiger charge is -2.43. The molecule has 2 aromatic rings. The summed E-state index contributed by atoms with van der Waals surface area (Å²) in [5.41, 5.74) is 2.98. The van der Waals surface area contributed by atoms with E-state index in [0.29, 0.717) is 17.9 Å². The highest BCUT2D eigenvalue weighted by molar-refractivity contribution is 5.85. The van der Waals surface area contributed by atoms with E-state index in [4.69, 9.17) is 0 Å². The molecule has 3 heteroatoms. The molecular weight excluding hydrogens is 356 g/mol. The second-order valence-corrected chi connectivity index (χ2v) is 10.2. The monoisotopic (exact) mass is 386 g/mol. The van der Waals surface area contributed by atoms with E-state index in [1.54, 1.807) is 0 Å². The molecule has 3 nitrogen and oxygen atoms in total. The minimum Gasteiger partial charge on any atom is -0.350 e. The van der Waals surface area contributed by atoms with E-state index in [2.05, 4.69) is 70.9 Å². The van der Waals surface area contributed by atoms with E-state index >= 15 is 0 Å². The van der Waals surface area contributed by atoms with Gasteiger partial charge in [-0.2, -0.15) is 0 Å². The lowest BCUT2D eigenvalue weighted by Crippen LogP contribution is -2.61. The Morgan fingerprint density at radius 2 is 1.69 bits per heavy atom. The van der Waals surface area contributed by atoms with Gasteiger partial charge in [-0.15, -0.1) is 0 Å². The molecule has 0 radical (unpaired) electrons. The fourth-order valence-corrected chi connectivity index (χ4v) is 7.35. The largest absolute Gasteiger partial charge is 0.350 e. The molecule has 4 saturated carbocycles. The van der Waals surface area contributed by atoms with Gasteiger partial charge in [0.25, 0.3) is 0 Å². The Balaban J connectivity index is 1.13. The lowest BCUT2D eigenvalue weighted by atomic mass is 9.63. The topological polar surface area (TPSA) is 32.3 Å². The zero-order valence-electron chi connectivity index (χ0n) is 17.0. The Hall–Kier alpha value is -2.13. The van der Waals surface area contributed by atoms with Crippen molar-refractivity contribution < 1.29 is 4.79 Å². The summed E-state index contributed by atoms with van der Waals surface area (Å²) in [6.07, 6.45) is 5.96. The van der Waals surface area contributed by atoms with E-state index in [1.165, 1.54) is 30.4 Å². The van der Waals surface area contributed by atoms with Crippen LogP contribution in [0.15, 0.2) is 60.7 Å². The SMILES string of the molecule is O=C(NC1CN(Cc2ccccc2)C1)C12CC3CC1CC(c1ccccc1)(C3)C2. The number of nitrogens with one attached hydrogen (secondary N) is 1. The number of benzene rings is 2. The first kappa shape index (κ1) is 17.7. The summed E-state index contributed by atoms with van der Waals surface area (Å²) < 4.78 is 0. The Bertz CT molecular complexity index is 907. The third-order valence-corrected chi connectivity index (χ3v) is 8.40. The first-order chi connectivity index (χ1) is 14.2. The van der Waals surface area contributed by atoms with Crippen molar-refractivity contribution in [3.8, 4) is 0 Å². The van der Waals surface area contributed by atoms with Gasteiger partial charge in [0.1, 0.15) is 0 Å². The van der Waals surface area contributed by atoms with E-state index in [0.717, 1.165) is 38.4 Å². The van der Waals surface area contributed by atoms with Crippen LogP contribution in [0.4, 0.5) is 0 Å². The molecular formula is C26H30N2O. The Morgan fingerprint density at radius 3 is 2.45 bits per heavy atom. The maximum atomic E-state index is 13.5. The van der Waals surface area contributed by atoms with Crippen LogP contribution in [0.25, 0.3) is 0 Å². The number of amides is 1. The van der Waals surface area contributed by atoms with Crippen molar-refractivity contribution >= 4 is 5.91 Å². The van der Waals surface area contributed by atoms with Gasteiger partial charge in [0.15, 0.2) is 0 Å². The van der Waals surface area contributed by atoms with Crippen LogP contribution in [0.1, 0.15) is 43.2 Å². The zero-order chi connectivity index (χ0) is 19.5. The number of hydrogen-bond donors (Lipinski definition) is 1. The van der Waals surface area contributed by atoms with Crippen LogP contribution >= 0.6 is 0 Å². The highest BCUT2D eigenvalue weighted by atomic mass is 16.2. The van der Waals surface area contributed by atoms with Gasteiger partial charge >= 0.3 is 0 Å². The number of hydrogen-bond acceptors (Lipinski definition) is 2. The van der Waals surface area contributed by atoms with Crippen LogP contribution in [0, 0.1) is 17.3 Å². The number of likely N-dealkylation sites (tertiary alicyclic amines) is 1. The van der Waals surface area contributed by atoms with Crippen LogP contribution in [-0.2, 0) is 16.8 Å². The molecule has 5 fully saturated rings. The molecule has 1 aliphatic heterocycles. The van der Waals surface area contributed by atoms with Gasteiger partial charge in [0.2, 0.25) is 5.91 Å². The summed E-state index contributed by atoms with van der Waals surface area (Å²) in [5, 5.41) is 3.47. The van der Waals surface area contributed by atoms with Crippen molar-refractivity contribution in [2.45, 2.75) is 50.1 Å². The van der Waals surface area contributed by atoms with Gasteiger partial charge in [-0.25, -0.2) is 0 Å². The van der Waals surface area contributed by atoms with Crippen molar-refractivity contribution in [2.75, 3.05) is 13.1 Å². The molecule has 2 aromatic carbocycles. The number of carbonyl (C=O) groups is 1. The smallest absolute Gasteiger partial charge is 0.226 e. The van der Waals surface area contributed by atoms with E-state index < -0.39 is 0 Å². The van der Waals surface area contributed by atoms with E-state index in [9.17, 15) is 4.79 Å². The maximum Gasteiger partial charge on any atom is 0.226 e. The quantitative estimate of drug-likeness (QED) is 0.838. The predicted octanol–water partition coefficient (Wildman–Crippen LogP) is 4.14. The Kier molecular flexibility index (Phi) is 3.93. The van der Waals surface area contributed by atoms with Crippen molar-refractivity contribution in [1.29, 1.82) is 0 Å². The third-order valence-electron chi connectivity index (χ3n) is 8.40. The van der Waals surface area contributed by atoms with Crippen molar-refractivity contribution in [2.24, 2.45) is 17.3 Å². The normalized spacial score (nSPS) is 35.6. The minimum absolute atomic E-state index is 0.0986. The summed E-state index contributed by atoms with van der Waals surface area (Å²) in [6, 6.07) is 22.0. The molecule has 0 spiro atoms. The molecule has 7 rings (SSSR count). The van der Waals surface area contributed by atoms with Crippen molar-refractivity contribution in [3.63, 3.8) is 0 Å². The predicted molar refractivity (Wildman–Crippen MR) is 114 cm³/mol. The highest BCUT2D eigenvalue weighted by Crippen LogP contribution is 2.70. The van der Waals surface area contributed by atoms with Gasteiger partial charge in [0, 0.05) is 19.6 Å². The molecule has 150 valence electrons. The fraction of sp³-hybridized carbons (Fsp3) is 0.500. The van der Waals surface area contributed by atoms with Crippen molar-refractivity contribution in [3.05, 3.63) is 71.8 Å². The molecule has 5 aliphatic rings. The maximum absolute atomic E-state index is 13.5. The van der Waals surface area contributed by atoms with E-state index in [1.807, 2.05) is 0 Å². The molecule has 1 N–H and O–H groups in total. The van der Waals surface area contributed by atoms with Gasteiger partial charge in [-0.3, -0.25) is 9.69 Å². The van der Waals surface area contributed by atoms with Gasteiger partial charge in [-0.1, -0.05) is 60.7 Å². The molecule has 29 heavy (non-hydrogen) atoms. The molecule has 4 bridgehead atoms. The Morgan fingerprint density at radius 1 is 0.966 bits per heavy atom. The second kappa shape index (κ2) is 6.43. The third kappa shape index (κ3) is 2.78. The zero-order valence-corrected chi connectivity index (χ0v) is 17.0. The van der Waals surface area contributed by atoms with Crippen LogP contribution in [0.2, 0.25) is 0 Å². The summed E-state index contributed by atoms with van der Waals surface area (Å²) in [5.74, 6) is 1.69. The molecule has 4 atom stereocenters. The summed E-state index contributed by atoms with van der Waals surface area (Å²) in [7, 11) is 0. The average Bonchev–Trinajstić information content (AvgIpc) is 3.11. The van der Waals surface area contributed by atoms with Crippen LogP contribution in [0.5, 0.6) is 0 Å². The fourth-order valence-electron chi connectivity index (χ4n) is 7.35. The van der Waals surface area contributed by atoms with Crippen LogP contribution in [-0.4, -0.2) is 29.9 Å². The van der Waals surface area contributed by atoms with Gasteiger partial charge < -0.3 is 5.32 Å². The molecule has 1 heterocycles. The van der Waals surface area contributed by atoms with E-state index in [-0.39, 0.29) is 10.8 Å². The standard InChI is InChI=1S/C26H30N2O/c29-24(27-23-16-28(17-23)15-19-7-3-1-4-8-19)26-13-20-11-22(26)14-25(12-20,18-26)21-9-5-2-6-10-21/h1-10,20,22-23H,11-18H2,(H,27,29). The molecule has 1 saturated heterocycles. The van der Waals surface area contributed by atoms with Gasteiger partial charge in [-0.05, 0) is 60.5 Å². The van der Waals surface area contributed by atoms with Crippen LogP contribution in [0.3, 0.4) is 0 Å². The number of carbonyl (C=O) groups excluding carboxylic acids is 1. The molecule has 4 unspecified atom stereocenters. The first-order valence-corrected chi connectivity index (χ1v) is 11.3. The Labute approximate surface area is 173 Å². The average molecular weight is 387 g/mol. The minimum atomic E-state index is -0.0986.